The van der Waals surface area contributed by atoms with Crippen LogP contribution in [0.3, 0.4) is 0 Å². The second-order valence-corrected chi connectivity index (χ2v) is 9.01. The lowest BCUT2D eigenvalue weighted by molar-refractivity contribution is 0.0602. The Hall–Kier alpha value is -1.70. The summed E-state index contributed by atoms with van der Waals surface area (Å²) in [5.41, 5.74) is 1.34. The van der Waals surface area contributed by atoms with Crippen LogP contribution < -0.4 is 0 Å². The number of hydrogen-bond acceptors (Lipinski definition) is 5. The number of benzene rings is 1. The first-order chi connectivity index (χ1) is 11.9. The van der Waals surface area contributed by atoms with Gasteiger partial charge in [-0.25, -0.2) is 13.2 Å². The van der Waals surface area contributed by atoms with Gasteiger partial charge in [-0.05, 0) is 24.3 Å². The van der Waals surface area contributed by atoms with Gasteiger partial charge in [0.05, 0.1) is 7.11 Å². The Balaban J connectivity index is 2.12. The molecule has 134 valence electrons. The zero-order chi connectivity index (χ0) is 18.0. The van der Waals surface area contributed by atoms with E-state index in [4.69, 9.17) is 4.74 Å². The van der Waals surface area contributed by atoms with Gasteiger partial charge in [-0.3, -0.25) is 0 Å². The number of esters is 1. The predicted molar refractivity (Wildman–Crippen MR) is 98.3 cm³/mol. The van der Waals surface area contributed by atoms with Crippen molar-refractivity contribution in [1.82, 2.24) is 4.31 Å². The highest BCUT2D eigenvalue weighted by Crippen LogP contribution is 2.38. The lowest BCUT2D eigenvalue weighted by Crippen LogP contribution is -2.38. The van der Waals surface area contributed by atoms with Gasteiger partial charge >= 0.3 is 5.97 Å². The lowest BCUT2D eigenvalue weighted by Gasteiger charge is -2.29. The SMILES string of the molecule is COC(=O)c1scc(-c2ccccc2)c1S(=O)(=O)N1CCC(C)CC1. The Labute approximate surface area is 152 Å². The van der Waals surface area contributed by atoms with Crippen LogP contribution in [0.15, 0.2) is 40.6 Å². The van der Waals surface area contributed by atoms with Gasteiger partial charge in [-0.15, -0.1) is 11.3 Å². The summed E-state index contributed by atoms with van der Waals surface area (Å²) in [6.45, 7) is 3.09. The third-order valence-electron chi connectivity index (χ3n) is 4.54. The summed E-state index contributed by atoms with van der Waals surface area (Å²) < 4.78 is 32.9. The van der Waals surface area contributed by atoms with E-state index in [0.29, 0.717) is 24.6 Å². The first kappa shape index (κ1) is 18.1. The molecule has 2 aromatic rings. The molecule has 25 heavy (non-hydrogen) atoms. The Morgan fingerprint density at radius 2 is 1.84 bits per heavy atom. The molecule has 0 aliphatic carbocycles. The number of hydrogen-bond donors (Lipinski definition) is 0. The van der Waals surface area contributed by atoms with Crippen molar-refractivity contribution in [3.63, 3.8) is 0 Å². The van der Waals surface area contributed by atoms with Gasteiger partial charge in [-0.1, -0.05) is 37.3 Å². The predicted octanol–water partition coefficient (Wildman–Crippen LogP) is 3.62. The fourth-order valence-corrected chi connectivity index (χ4v) is 6.15. The van der Waals surface area contributed by atoms with Crippen LogP contribution in [-0.4, -0.2) is 38.9 Å². The Morgan fingerprint density at radius 1 is 1.20 bits per heavy atom. The first-order valence-electron chi connectivity index (χ1n) is 8.20. The molecule has 3 rings (SSSR count). The highest BCUT2D eigenvalue weighted by molar-refractivity contribution is 7.89. The van der Waals surface area contributed by atoms with Gasteiger partial charge in [0.15, 0.2) is 0 Å². The van der Waals surface area contributed by atoms with Crippen LogP contribution in [0, 0.1) is 5.92 Å². The molecule has 1 aliphatic heterocycles. The van der Waals surface area contributed by atoms with Gasteiger partial charge in [-0.2, -0.15) is 4.31 Å². The minimum atomic E-state index is -3.76. The van der Waals surface area contributed by atoms with Crippen molar-refractivity contribution in [1.29, 1.82) is 0 Å². The fraction of sp³-hybridized carbons (Fsp3) is 0.389. The van der Waals surface area contributed by atoms with Crippen molar-refractivity contribution in [2.24, 2.45) is 5.92 Å². The van der Waals surface area contributed by atoms with Crippen molar-refractivity contribution in [3.05, 3.63) is 40.6 Å². The van der Waals surface area contributed by atoms with Gasteiger partial charge < -0.3 is 4.74 Å². The highest BCUT2D eigenvalue weighted by Gasteiger charge is 2.35. The Kier molecular flexibility index (Phi) is 5.27. The quantitative estimate of drug-likeness (QED) is 0.761. The normalized spacial score (nSPS) is 16.7. The molecule has 0 saturated carbocycles. The van der Waals surface area contributed by atoms with Gasteiger partial charge in [0.1, 0.15) is 9.77 Å². The van der Waals surface area contributed by atoms with E-state index in [0.717, 1.165) is 29.7 Å². The summed E-state index contributed by atoms with van der Waals surface area (Å²) in [7, 11) is -2.50. The fourth-order valence-electron chi connectivity index (χ4n) is 3.01. The largest absolute Gasteiger partial charge is 0.465 e. The number of carbonyl (C=O) groups excluding carboxylic acids is 1. The van der Waals surface area contributed by atoms with Crippen LogP contribution in [-0.2, 0) is 14.8 Å². The van der Waals surface area contributed by atoms with Crippen LogP contribution in [0.2, 0.25) is 0 Å². The van der Waals surface area contributed by atoms with E-state index >= 15 is 0 Å². The summed E-state index contributed by atoms with van der Waals surface area (Å²) in [5.74, 6) is -0.0984. The Morgan fingerprint density at radius 3 is 2.44 bits per heavy atom. The first-order valence-corrected chi connectivity index (χ1v) is 10.5. The molecule has 0 atom stereocenters. The maximum absolute atomic E-state index is 13.3. The number of methoxy groups -OCH3 is 1. The van der Waals surface area contributed by atoms with Crippen molar-refractivity contribution in [3.8, 4) is 11.1 Å². The molecule has 2 heterocycles. The average Bonchev–Trinajstić information content (AvgIpc) is 3.08. The topological polar surface area (TPSA) is 63.7 Å². The smallest absolute Gasteiger partial charge is 0.349 e. The molecule has 0 N–H and O–H groups in total. The molecule has 0 radical (unpaired) electrons. The third-order valence-corrected chi connectivity index (χ3v) is 7.62. The van der Waals surface area contributed by atoms with Crippen molar-refractivity contribution in [2.75, 3.05) is 20.2 Å². The van der Waals surface area contributed by atoms with E-state index < -0.39 is 16.0 Å². The van der Waals surface area contributed by atoms with Crippen LogP contribution in [0.5, 0.6) is 0 Å². The van der Waals surface area contributed by atoms with Crippen molar-refractivity contribution < 1.29 is 17.9 Å². The van der Waals surface area contributed by atoms with E-state index in [9.17, 15) is 13.2 Å². The van der Waals surface area contributed by atoms with E-state index in [1.807, 2.05) is 30.3 Å². The van der Waals surface area contributed by atoms with Crippen LogP contribution >= 0.6 is 11.3 Å². The lowest BCUT2D eigenvalue weighted by atomic mass is 10.0. The number of piperidine rings is 1. The molecular formula is C18H21NO4S2. The second-order valence-electron chi connectivity index (χ2n) is 6.25. The van der Waals surface area contributed by atoms with Gasteiger partial charge in [0, 0.05) is 24.0 Å². The van der Waals surface area contributed by atoms with Crippen LogP contribution in [0.25, 0.3) is 11.1 Å². The van der Waals surface area contributed by atoms with Crippen LogP contribution in [0.1, 0.15) is 29.4 Å². The summed E-state index contributed by atoms with van der Waals surface area (Å²) in [6.07, 6.45) is 1.66. The summed E-state index contributed by atoms with van der Waals surface area (Å²) in [5, 5.41) is 1.72. The second kappa shape index (κ2) is 7.27. The molecule has 1 aromatic carbocycles. The molecule has 7 heteroatoms. The highest BCUT2D eigenvalue weighted by atomic mass is 32.2. The number of nitrogens with zero attached hydrogens (tertiary/aromatic N) is 1. The molecule has 1 fully saturated rings. The standard InChI is InChI=1S/C18H21NO4S2/c1-13-8-10-19(11-9-13)25(21,22)17-15(14-6-4-3-5-7-14)12-24-16(17)18(20)23-2/h3-7,12-13H,8-11H2,1-2H3. The summed E-state index contributed by atoms with van der Waals surface area (Å²) in [6, 6.07) is 9.27. The summed E-state index contributed by atoms with van der Waals surface area (Å²) >= 11 is 1.11. The Bertz CT molecular complexity index is 850. The van der Waals surface area contributed by atoms with Gasteiger partial charge in [0.2, 0.25) is 10.0 Å². The molecule has 0 amide bonds. The van der Waals surface area contributed by atoms with Gasteiger partial charge in [0.25, 0.3) is 0 Å². The van der Waals surface area contributed by atoms with E-state index in [1.54, 1.807) is 5.38 Å². The number of thiophene rings is 1. The van der Waals surface area contributed by atoms with Crippen molar-refractivity contribution in [2.45, 2.75) is 24.7 Å². The molecular weight excluding hydrogens is 358 g/mol. The van der Waals surface area contributed by atoms with Crippen LogP contribution in [0.4, 0.5) is 0 Å². The number of ether oxygens (including phenoxy) is 1. The zero-order valence-corrected chi connectivity index (χ0v) is 15.9. The van der Waals surface area contributed by atoms with E-state index in [-0.39, 0.29) is 9.77 Å². The summed E-state index contributed by atoms with van der Waals surface area (Å²) in [4.78, 5) is 12.4. The minimum Gasteiger partial charge on any atom is -0.465 e. The molecule has 0 bridgehead atoms. The van der Waals surface area contributed by atoms with E-state index in [2.05, 4.69) is 6.92 Å². The molecule has 0 spiro atoms. The number of sulfonamides is 1. The molecule has 0 unspecified atom stereocenters. The maximum Gasteiger partial charge on any atom is 0.349 e. The molecule has 1 saturated heterocycles. The van der Waals surface area contributed by atoms with Crippen molar-refractivity contribution >= 4 is 27.3 Å². The average molecular weight is 380 g/mol. The maximum atomic E-state index is 13.3. The molecule has 5 nitrogen and oxygen atoms in total. The monoisotopic (exact) mass is 379 g/mol. The number of rotatable bonds is 4. The third kappa shape index (κ3) is 3.49. The molecule has 1 aromatic heterocycles. The van der Waals surface area contributed by atoms with E-state index in [1.165, 1.54) is 11.4 Å². The minimum absolute atomic E-state index is 0.0742. The number of carbonyl (C=O) groups is 1. The zero-order valence-electron chi connectivity index (χ0n) is 14.3. The molecule has 1 aliphatic rings.